The zero-order valence-corrected chi connectivity index (χ0v) is 42.2. The number of nitrogens with zero attached hydrogens (tertiary/aromatic N) is 9. The summed E-state index contributed by atoms with van der Waals surface area (Å²) in [6.45, 7) is 7.46. The summed E-state index contributed by atoms with van der Waals surface area (Å²) in [6, 6.07) is 22.6. The first-order valence-corrected chi connectivity index (χ1v) is 27.0. The number of aromatic hydroxyl groups is 1. The number of nitriles is 1. The van der Waals surface area contributed by atoms with Crippen LogP contribution in [0.25, 0.3) is 16.7 Å². The fraction of sp³-hybridized carbons (Fsp3) is 0.302. The molecule has 4 N–H and O–H groups in total. The van der Waals surface area contributed by atoms with Crippen molar-refractivity contribution in [3.8, 4) is 29.2 Å². The lowest BCUT2D eigenvalue weighted by molar-refractivity contribution is 0.317. The van der Waals surface area contributed by atoms with E-state index in [0.717, 1.165) is 6.42 Å². The van der Waals surface area contributed by atoms with Crippen LogP contribution in [0, 0.1) is 32.1 Å². The van der Waals surface area contributed by atoms with E-state index in [0.29, 0.717) is 63.4 Å². The van der Waals surface area contributed by atoms with Crippen LogP contribution in [-0.2, 0) is 41.0 Å². The number of aromatic nitrogens is 2. The van der Waals surface area contributed by atoms with Gasteiger partial charge in [0.1, 0.15) is 40.3 Å². The summed E-state index contributed by atoms with van der Waals surface area (Å²) in [5.41, 5.74) is 4.74. The SMILES string of the molecule is CCCOc1ccc(N=Nc2cc(OCCCS(=O)(=O)O)c(N=Nc3cc(OCCCS(=O)(=O)O)c(N=Nc4c(C)c(C#N)c5nc6ccccc6n5c4O)cc3C)cc2C)cc1.CS(=O)(=O)O.O=S(=O)=O. The predicted octanol–water partition coefficient (Wildman–Crippen LogP) is 8.84. The maximum absolute atomic E-state index is 11.4. The van der Waals surface area contributed by atoms with Gasteiger partial charge in [0.25, 0.3) is 30.4 Å². The van der Waals surface area contributed by atoms with Crippen molar-refractivity contribution in [2.75, 3.05) is 37.6 Å². The molecule has 0 unspecified atom stereocenters. The number of fused-ring (bicyclic) bond motifs is 3. The van der Waals surface area contributed by atoms with E-state index >= 15 is 0 Å². The Labute approximate surface area is 414 Å². The first-order chi connectivity index (χ1) is 33.8. The van der Waals surface area contributed by atoms with Crippen molar-refractivity contribution in [3.05, 3.63) is 95.1 Å². The van der Waals surface area contributed by atoms with E-state index in [1.165, 1.54) is 10.5 Å². The van der Waals surface area contributed by atoms with Crippen molar-refractivity contribution < 1.29 is 70.9 Å². The Bertz CT molecular complexity index is 3510. The molecule has 0 saturated carbocycles. The third-order valence-electron chi connectivity index (χ3n) is 9.32. The third kappa shape index (κ3) is 18.1. The fourth-order valence-electron chi connectivity index (χ4n) is 6.15. The van der Waals surface area contributed by atoms with Gasteiger partial charge in [0.15, 0.2) is 11.3 Å². The number of imidazole rings is 1. The highest BCUT2D eigenvalue weighted by Gasteiger charge is 2.21. The van der Waals surface area contributed by atoms with Crippen LogP contribution in [0.3, 0.4) is 0 Å². The minimum Gasteiger partial charge on any atom is -0.494 e. The number of para-hydroxylation sites is 2. The van der Waals surface area contributed by atoms with Crippen LogP contribution in [-0.4, -0.2) is 104 Å². The molecule has 0 fully saturated rings. The maximum atomic E-state index is 11.4. The maximum Gasteiger partial charge on any atom is 0.425 e. The molecule has 384 valence electrons. The molecule has 0 bridgehead atoms. The fourth-order valence-corrected chi connectivity index (χ4v) is 7.11. The van der Waals surface area contributed by atoms with Crippen molar-refractivity contribution >= 4 is 91.8 Å². The molecular formula is C43H47N9O16S4. The van der Waals surface area contributed by atoms with Gasteiger partial charge in [-0.25, -0.2) is 4.98 Å². The van der Waals surface area contributed by atoms with Gasteiger partial charge >= 0.3 is 10.6 Å². The van der Waals surface area contributed by atoms with Gasteiger partial charge in [-0.1, -0.05) is 19.1 Å². The number of ether oxygens (including phenoxy) is 3. The predicted molar refractivity (Wildman–Crippen MR) is 261 cm³/mol. The largest absolute Gasteiger partial charge is 0.494 e. The molecule has 0 atom stereocenters. The molecule has 29 heteroatoms. The Hall–Kier alpha value is -7.33. The second kappa shape index (κ2) is 25.7. The Balaban J connectivity index is 0.00000115. The highest BCUT2D eigenvalue weighted by molar-refractivity contribution is 7.86. The number of pyridine rings is 1. The zero-order chi connectivity index (χ0) is 53.4. The Morgan fingerprint density at radius 1 is 0.681 bits per heavy atom. The van der Waals surface area contributed by atoms with E-state index in [-0.39, 0.29) is 71.7 Å². The van der Waals surface area contributed by atoms with Crippen molar-refractivity contribution in [1.29, 1.82) is 5.26 Å². The van der Waals surface area contributed by atoms with Gasteiger partial charge in [-0.05, 0) is 99.7 Å². The van der Waals surface area contributed by atoms with Crippen molar-refractivity contribution in [3.63, 3.8) is 0 Å². The number of benzene rings is 4. The topological polar surface area (TPSA) is 377 Å². The third-order valence-corrected chi connectivity index (χ3v) is 10.9. The second-order valence-electron chi connectivity index (χ2n) is 15.1. The summed E-state index contributed by atoms with van der Waals surface area (Å²) in [7, 11) is -15.3. The quantitative estimate of drug-likeness (QED) is 0.0334. The van der Waals surface area contributed by atoms with Gasteiger partial charge in [-0.2, -0.15) is 45.9 Å². The molecule has 0 aliphatic rings. The number of rotatable bonds is 19. The summed E-state index contributed by atoms with van der Waals surface area (Å²) < 4.78 is 134. The molecular weight excluding hydrogens is 1030 g/mol. The number of aryl methyl sites for hydroxylation is 2. The first-order valence-electron chi connectivity index (χ1n) is 20.9. The van der Waals surface area contributed by atoms with Gasteiger partial charge in [-0.3, -0.25) is 18.1 Å². The molecule has 0 amide bonds. The zero-order valence-electron chi connectivity index (χ0n) is 38.9. The second-order valence-corrected chi connectivity index (χ2v) is 20.1. The highest BCUT2D eigenvalue weighted by atomic mass is 32.2. The van der Waals surface area contributed by atoms with Gasteiger partial charge < -0.3 is 19.3 Å². The highest BCUT2D eigenvalue weighted by Crippen LogP contribution is 2.42. The van der Waals surface area contributed by atoms with Crippen LogP contribution in [0.2, 0.25) is 0 Å². The molecule has 6 aromatic rings. The molecule has 6 rings (SSSR count). The monoisotopic (exact) mass is 1070 g/mol. The average Bonchev–Trinajstić information content (AvgIpc) is 3.67. The standard InChI is InChI=1S/C42H43N9O10S2.CH4O3S.O3S/c1-5-16-59-30-14-12-29(13-15-30)45-46-33-23-38(60-17-8-19-62(53,54)55)35(21-26(33)2)48-47-34-24-39(61-18-9-20-63(56,57)58)36(22-27(34)3)49-50-40-28(4)31(25-43)41-44-32-10-6-7-11-37(32)51(41)42(40)52;1-5(2,3)4;1-4(2)3/h6-7,10-15,21-24,52H,5,8-9,16-20H2,1-4H3,(H,53,54,55)(H,56,57,58);1H3,(H,2,3,4);. The van der Waals surface area contributed by atoms with Crippen LogP contribution < -0.4 is 14.2 Å². The van der Waals surface area contributed by atoms with Gasteiger partial charge in [0.05, 0.1) is 65.7 Å². The van der Waals surface area contributed by atoms with E-state index in [9.17, 15) is 44.7 Å². The van der Waals surface area contributed by atoms with Crippen LogP contribution in [0.15, 0.2) is 103 Å². The molecule has 4 aromatic carbocycles. The van der Waals surface area contributed by atoms with E-state index in [4.69, 9.17) is 31.4 Å². The summed E-state index contributed by atoms with van der Waals surface area (Å²) >= 11 is 0. The summed E-state index contributed by atoms with van der Waals surface area (Å²) in [5.74, 6) is -0.398. The minimum atomic E-state index is -4.27. The summed E-state index contributed by atoms with van der Waals surface area (Å²) in [5, 5.41) is 47.9. The van der Waals surface area contributed by atoms with Crippen LogP contribution in [0.4, 0.5) is 34.1 Å². The van der Waals surface area contributed by atoms with E-state index < -0.39 is 52.5 Å². The average molecular weight is 1070 g/mol. The Morgan fingerprint density at radius 3 is 1.64 bits per heavy atom. The van der Waals surface area contributed by atoms with E-state index in [2.05, 4.69) is 41.7 Å². The van der Waals surface area contributed by atoms with Crippen molar-refractivity contribution in [2.45, 2.75) is 47.0 Å². The van der Waals surface area contributed by atoms with Crippen molar-refractivity contribution in [2.24, 2.45) is 30.7 Å². The van der Waals surface area contributed by atoms with Crippen LogP contribution in [0.5, 0.6) is 23.1 Å². The molecule has 0 aliphatic heterocycles. The van der Waals surface area contributed by atoms with Crippen LogP contribution >= 0.6 is 0 Å². The summed E-state index contributed by atoms with van der Waals surface area (Å²) in [4.78, 5) is 4.53. The van der Waals surface area contributed by atoms with Gasteiger partial charge in [-0.15, -0.1) is 28.0 Å². The minimum absolute atomic E-state index is 0.00155. The number of azo groups is 3. The number of hydrogen-bond acceptors (Lipinski definition) is 21. The molecule has 2 aromatic heterocycles. The smallest absolute Gasteiger partial charge is 0.425 e. The lowest BCUT2D eigenvalue weighted by atomic mass is 10.1. The first kappa shape index (κ1) is 57.3. The molecule has 72 heavy (non-hydrogen) atoms. The lowest BCUT2D eigenvalue weighted by Gasteiger charge is -2.12. The normalized spacial score (nSPS) is 11.9. The van der Waals surface area contributed by atoms with Crippen molar-refractivity contribution in [1.82, 2.24) is 9.38 Å². The Kier molecular flexibility index (Phi) is 20.4. The molecule has 2 heterocycles. The van der Waals surface area contributed by atoms with E-state index in [1.807, 2.05) is 6.92 Å². The molecule has 0 spiro atoms. The van der Waals surface area contributed by atoms with Gasteiger partial charge in [0.2, 0.25) is 5.88 Å². The molecule has 0 saturated heterocycles. The lowest BCUT2D eigenvalue weighted by Crippen LogP contribution is -2.08. The van der Waals surface area contributed by atoms with E-state index in [1.54, 1.807) is 87.5 Å². The molecule has 0 radical (unpaired) electrons. The Morgan fingerprint density at radius 2 is 1.15 bits per heavy atom. The van der Waals surface area contributed by atoms with Gasteiger partial charge in [0, 0.05) is 17.7 Å². The molecule has 0 aliphatic carbocycles. The summed E-state index contributed by atoms with van der Waals surface area (Å²) in [6.07, 6.45) is 1.49. The number of hydrogen-bond donors (Lipinski definition) is 4. The molecule has 25 nitrogen and oxygen atoms in total. The van der Waals surface area contributed by atoms with Crippen LogP contribution in [0.1, 0.15) is 48.4 Å².